The van der Waals surface area contributed by atoms with Crippen LogP contribution in [0.3, 0.4) is 0 Å². The molecule has 1 atom stereocenters. The number of rotatable bonds is 5. The van der Waals surface area contributed by atoms with E-state index in [4.69, 9.17) is 15.6 Å². The first-order chi connectivity index (χ1) is 8.52. The van der Waals surface area contributed by atoms with Gasteiger partial charge in [0.1, 0.15) is 11.3 Å². The fraction of sp³-hybridized carbons (Fsp3) is 0.462. The molecule has 18 heavy (non-hydrogen) atoms. The largest absolute Gasteiger partial charge is 0.493 e. The average Bonchev–Trinajstić information content (AvgIpc) is 2.37. The van der Waals surface area contributed by atoms with Crippen LogP contribution in [0.5, 0.6) is 5.75 Å². The van der Waals surface area contributed by atoms with Gasteiger partial charge in [0.25, 0.3) is 5.91 Å². The van der Waals surface area contributed by atoms with Crippen molar-refractivity contribution in [2.75, 3.05) is 26.0 Å². The molecule has 0 spiro atoms. The van der Waals surface area contributed by atoms with Crippen LogP contribution in [0, 0.1) is 0 Å². The maximum Gasteiger partial charge on any atom is 0.259 e. The molecule has 1 aromatic carbocycles. The number of hydrogen-bond acceptors (Lipinski definition) is 4. The average molecular weight is 252 g/mol. The number of nitrogens with zero attached hydrogens (tertiary/aromatic N) is 1. The van der Waals surface area contributed by atoms with Crippen molar-refractivity contribution in [2.45, 2.75) is 19.9 Å². The molecule has 1 amide bonds. The molecule has 0 bridgehead atoms. The van der Waals surface area contributed by atoms with Crippen LogP contribution in [0.15, 0.2) is 18.2 Å². The number of benzene rings is 1. The number of likely N-dealkylation sites (N-methyl/N-ethyl adjacent to an activating group) is 1. The second-order valence-corrected chi connectivity index (χ2v) is 4.10. The minimum absolute atomic E-state index is 0.0983. The molecule has 1 unspecified atom stereocenters. The number of amides is 1. The standard InChI is InChI=1S/C13H20N2O3/c1-4-18-11-7-5-6-10(14)12(11)13(17)15(3)9(2)8-16/h5-7,9,16H,4,8,14H2,1-3H3. The molecule has 1 rings (SSSR count). The zero-order valence-electron chi connectivity index (χ0n) is 11.0. The van der Waals surface area contributed by atoms with Gasteiger partial charge in [0.05, 0.1) is 19.3 Å². The molecule has 0 radical (unpaired) electrons. The van der Waals surface area contributed by atoms with Gasteiger partial charge in [-0.1, -0.05) is 6.07 Å². The lowest BCUT2D eigenvalue weighted by Crippen LogP contribution is -2.37. The summed E-state index contributed by atoms with van der Waals surface area (Å²) in [6, 6.07) is 4.84. The van der Waals surface area contributed by atoms with Crippen molar-refractivity contribution in [3.63, 3.8) is 0 Å². The smallest absolute Gasteiger partial charge is 0.259 e. The third-order valence-electron chi connectivity index (χ3n) is 2.82. The van der Waals surface area contributed by atoms with Gasteiger partial charge in [-0.3, -0.25) is 4.79 Å². The molecule has 5 nitrogen and oxygen atoms in total. The summed E-state index contributed by atoms with van der Waals surface area (Å²) in [6.07, 6.45) is 0. The molecule has 0 saturated carbocycles. The van der Waals surface area contributed by atoms with Crippen molar-refractivity contribution in [1.29, 1.82) is 0 Å². The molecule has 0 heterocycles. The molecule has 0 aliphatic rings. The van der Waals surface area contributed by atoms with E-state index in [1.165, 1.54) is 4.90 Å². The van der Waals surface area contributed by atoms with Crippen molar-refractivity contribution >= 4 is 11.6 Å². The summed E-state index contributed by atoms with van der Waals surface area (Å²) >= 11 is 0. The molecule has 3 N–H and O–H groups in total. The van der Waals surface area contributed by atoms with Crippen LogP contribution in [0.2, 0.25) is 0 Å². The Bertz CT molecular complexity index is 421. The first-order valence-corrected chi connectivity index (χ1v) is 5.92. The van der Waals surface area contributed by atoms with Crippen LogP contribution >= 0.6 is 0 Å². The first-order valence-electron chi connectivity index (χ1n) is 5.92. The third-order valence-corrected chi connectivity index (χ3v) is 2.82. The highest BCUT2D eigenvalue weighted by molar-refractivity contribution is 6.01. The zero-order valence-corrected chi connectivity index (χ0v) is 11.0. The van der Waals surface area contributed by atoms with E-state index < -0.39 is 0 Å². The van der Waals surface area contributed by atoms with Gasteiger partial charge in [0, 0.05) is 12.7 Å². The van der Waals surface area contributed by atoms with E-state index in [1.807, 2.05) is 6.92 Å². The summed E-state index contributed by atoms with van der Waals surface area (Å²) in [5.41, 5.74) is 6.57. The third kappa shape index (κ3) is 2.92. The van der Waals surface area contributed by atoms with Gasteiger partial charge in [-0.05, 0) is 26.0 Å². The van der Waals surface area contributed by atoms with E-state index in [1.54, 1.807) is 32.2 Å². The highest BCUT2D eigenvalue weighted by Crippen LogP contribution is 2.26. The Labute approximate surface area is 107 Å². The fourth-order valence-electron chi connectivity index (χ4n) is 1.55. The summed E-state index contributed by atoms with van der Waals surface area (Å²) in [4.78, 5) is 13.8. The Morgan fingerprint density at radius 2 is 2.22 bits per heavy atom. The highest BCUT2D eigenvalue weighted by Gasteiger charge is 2.22. The van der Waals surface area contributed by atoms with Crippen molar-refractivity contribution < 1.29 is 14.6 Å². The molecule has 0 aliphatic heterocycles. The van der Waals surface area contributed by atoms with Gasteiger partial charge in [-0.2, -0.15) is 0 Å². The molecule has 0 fully saturated rings. The minimum Gasteiger partial charge on any atom is -0.493 e. The lowest BCUT2D eigenvalue weighted by atomic mass is 10.1. The predicted octanol–water partition coefficient (Wildman–Crippen LogP) is 1.12. The quantitative estimate of drug-likeness (QED) is 0.770. The Kier molecular flexibility index (Phi) is 4.97. The second kappa shape index (κ2) is 6.26. The Balaban J connectivity index is 3.11. The predicted molar refractivity (Wildman–Crippen MR) is 70.7 cm³/mol. The van der Waals surface area contributed by atoms with Crippen molar-refractivity contribution in [3.05, 3.63) is 23.8 Å². The van der Waals surface area contributed by atoms with Gasteiger partial charge in [-0.25, -0.2) is 0 Å². The van der Waals surface area contributed by atoms with Crippen molar-refractivity contribution in [3.8, 4) is 5.75 Å². The lowest BCUT2D eigenvalue weighted by Gasteiger charge is -2.24. The number of anilines is 1. The maximum atomic E-state index is 12.3. The molecule has 100 valence electrons. The van der Waals surface area contributed by atoms with Gasteiger partial charge < -0.3 is 20.5 Å². The molecule has 0 aliphatic carbocycles. The number of nitrogens with two attached hydrogens (primary N) is 1. The Morgan fingerprint density at radius 3 is 2.78 bits per heavy atom. The number of nitrogen functional groups attached to an aromatic ring is 1. The topological polar surface area (TPSA) is 75.8 Å². The van der Waals surface area contributed by atoms with Crippen LogP contribution in [0.4, 0.5) is 5.69 Å². The van der Waals surface area contributed by atoms with Gasteiger partial charge in [0.2, 0.25) is 0 Å². The summed E-state index contributed by atoms with van der Waals surface area (Å²) in [7, 11) is 1.63. The normalized spacial score (nSPS) is 12.0. The van der Waals surface area contributed by atoms with Crippen LogP contribution in [-0.2, 0) is 0 Å². The van der Waals surface area contributed by atoms with E-state index in [0.29, 0.717) is 23.6 Å². The van der Waals surface area contributed by atoms with E-state index in [9.17, 15) is 4.79 Å². The molecule has 1 aromatic rings. The van der Waals surface area contributed by atoms with Gasteiger partial charge in [-0.15, -0.1) is 0 Å². The number of carbonyl (C=O) groups excluding carboxylic acids is 1. The van der Waals surface area contributed by atoms with E-state index in [-0.39, 0.29) is 18.6 Å². The lowest BCUT2D eigenvalue weighted by molar-refractivity contribution is 0.0679. The Morgan fingerprint density at radius 1 is 1.56 bits per heavy atom. The van der Waals surface area contributed by atoms with Crippen molar-refractivity contribution in [2.24, 2.45) is 0 Å². The van der Waals surface area contributed by atoms with Gasteiger partial charge >= 0.3 is 0 Å². The van der Waals surface area contributed by atoms with Crippen LogP contribution in [0.25, 0.3) is 0 Å². The number of aliphatic hydroxyl groups is 1. The molecular weight excluding hydrogens is 232 g/mol. The second-order valence-electron chi connectivity index (χ2n) is 4.10. The highest BCUT2D eigenvalue weighted by atomic mass is 16.5. The molecule has 0 saturated heterocycles. The molecule has 0 aromatic heterocycles. The minimum atomic E-state index is -0.272. The van der Waals surface area contributed by atoms with Crippen LogP contribution in [-0.4, -0.2) is 42.2 Å². The molecule has 5 heteroatoms. The van der Waals surface area contributed by atoms with Crippen LogP contribution in [0.1, 0.15) is 24.2 Å². The number of aliphatic hydroxyl groups excluding tert-OH is 1. The summed E-state index contributed by atoms with van der Waals surface area (Å²) in [6.45, 7) is 3.97. The maximum absolute atomic E-state index is 12.3. The SMILES string of the molecule is CCOc1cccc(N)c1C(=O)N(C)C(C)CO. The monoisotopic (exact) mass is 252 g/mol. The summed E-state index contributed by atoms with van der Waals surface area (Å²) in [5.74, 6) is 0.220. The van der Waals surface area contributed by atoms with Crippen molar-refractivity contribution in [1.82, 2.24) is 4.90 Å². The first kappa shape index (κ1) is 14.3. The molecular formula is C13H20N2O3. The Hall–Kier alpha value is -1.75. The fourth-order valence-corrected chi connectivity index (χ4v) is 1.55. The van der Waals surface area contributed by atoms with Gasteiger partial charge in [0.15, 0.2) is 0 Å². The summed E-state index contributed by atoms with van der Waals surface area (Å²) < 4.78 is 5.41. The van der Waals surface area contributed by atoms with E-state index in [2.05, 4.69) is 0 Å². The number of carbonyl (C=O) groups is 1. The van der Waals surface area contributed by atoms with Crippen LogP contribution < -0.4 is 10.5 Å². The van der Waals surface area contributed by atoms with E-state index >= 15 is 0 Å². The number of hydrogen-bond donors (Lipinski definition) is 2. The zero-order chi connectivity index (χ0) is 13.7. The summed E-state index contributed by atoms with van der Waals surface area (Å²) in [5, 5.41) is 9.09. The number of ether oxygens (including phenoxy) is 1. The van der Waals surface area contributed by atoms with E-state index in [0.717, 1.165) is 0 Å².